The molecule has 30 heavy (non-hydrogen) atoms. The average Bonchev–Trinajstić information content (AvgIpc) is 2.74. The number of hydrogen-bond donors (Lipinski definition) is 2. The Morgan fingerprint density at radius 1 is 0.900 bits per heavy atom. The lowest BCUT2D eigenvalue weighted by Crippen LogP contribution is -2.11. The molecule has 0 aliphatic heterocycles. The summed E-state index contributed by atoms with van der Waals surface area (Å²) < 4.78 is 24.5. The monoisotopic (exact) mass is 408 g/mol. The van der Waals surface area contributed by atoms with Gasteiger partial charge in [0.15, 0.2) is 0 Å². The zero-order valence-electron chi connectivity index (χ0n) is 15.8. The smallest absolute Gasteiger partial charge is 0.375 e. The highest BCUT2D eigenvalue weighted by molar-refractivity contribution is 5.93. The summed E-state index contributed by atoms with van der Waals surface area (Å²) in [6.45, 7) is 0. The largest absolute Gasteiger partial charge is 0.500 e. The van der Waals surface area contributed by atoms with Crippen molar-refractivity contribution in [1.29, 1.82) is 0 Å². The van der Waals surface area contributed by atoms with Gasteiger partial charge in [-0.15, -0.1) is 0 Å². The number of rotatable bonds is 7. The Bertz CT molecular complexity index is 1120. The molecule has 0 saturated heterocycles. The van der Waals surface area contributed by atoms with Crippen molar-refractivity contribution in [2.24, 2.45) is 0 Å². The molecular weight excluding hydrogens is 391 g/mol. The first-order valence-electron chi connectivity index (χ1n) is 8.77. The zero-order valence-corrected chi connectivity index (χ0v) is 15.8. The van der Waals surface area contributed by atoms with Gasteiger partial charge < -0.3 is 19.7 Å². The van der Waals surface area contributed by atoms with E-state index in [1.165, 1.54) is 31.4 Å². The number of halogens is 1. The molecule has 0 aromatic heterocycles. The maximum absolute atomic E-state index is 14.7. The van der Waals surface area contributed by atoms with E-state index in [9.17, 15) is 19.1 Å². The van der Waals surface area contributed by atoms with E-state index in [-0.39, 0.29) is 11.3 Å². The van der Waals surface area contributed by atoms with Crippen LogP contribution < -0.4 is 4.74 Å². The van der Waals surface area contributed by atoms with Gasteiger partial charge in [0.2, 0.25) is 5.76 Å². The summed E-state index contributed by atoms with van der Waals surface area (Å²) in [6, 6.07) is 17.8. The van der Waals surface area contributed by atoms with E-state index >= 15 is 0 Å². The molecule has 0 amide bonds. The van der Waals surface area contributed by atoms with E-state index in [0.717, 1.165) is 11.8 Å². The molecule has 0 spiro atoms. The van der Waals surface area contributed by atoms with Crippen LogP contribution >= 0.6 is 0 Å². The minimum absolute atomic E-state index is 0.182. The number of carboxylic acid groups (broad SMARTS) is 2. The summed E-state index contributed by atoms with van der Waals surface area (Å²) in [4.78, 5) is 22.9. The number of hydrogen-bond acceptors (Lipinski definition) is 4. The van der Waals surface area contributed by atoms with Gasteiger partial charge in [0.25, 0.3) is 0 Å². The summed E-state index contributed by atoms with van der Waals surface area (Å²) in [5.74, 6) is -3.96. The van der Waals surface area contributed by atoms with Gasteiger partial charge in [-0.25, -0.2) is 14.0 Å². The van der Waals surface area contributed by atoms with Crippen LogP contribution in [0.3, 0.4) is 0 Å². The average molecular weight is 408 g/mol. The third-order valence-corrected chi connectivity index (χ3v) is 4.25. The fourth-order valence-corrected chi connectivity index (χ4v) is 2.86. The van der Waals surface area contributed by atoms with Crippen LogP contribution in [0.25, 0.3) is 22.3 Å². The van der Waals surface area contributed by atoms with E-state index < -0.39 is 23.5 Å². The Morgan fingerprint density at radius 3 is 2.17 bits per heavy atom. The third kappa shape index (κ3) is 4.47. The second kappa shape index (κ2) is 8.91. The molecule has 3 aromatic carbocycles. The minimum Gasteiger partial charge on any atom is -0.500 e. The summed E-state index contributed by atoms with van der Waals surface area (Å²) in [7, 11) is 1.24. The van der Waals surface area contributed by atoms with Gasteiger partial charge >= 0.3 is 11.9 Å². The Balaban J connectivity index is 1.98. The highest BCUT2D eigenvalue weighted by Crippen LogP contribution is 2.31. The van der Waals surface area contributed by atoms with Crippen molar-refractivity contribution in [1.82, 2.24) is 0 Å². The summed E-state index contributed by atoms with van der Waals surface area (Å²) in [6.07, 6.45) is 0.847. The molecule has 0 heterocycles. The molecule has 0 aliphatic carbocycles. The first-order chi connectivity index (χ1) is 14.4. The van der Waals surface area contributed by atoms with E-state index in [4.69, 9.17) is 9.84 Å². The van der Waals surface area contributed by atoms with Crippen molar-refractivity contribution in [3.8, 4) is 28.0 Å². The van der Waals surface area contributed by atoms with E-state index in [0.29, 0.717) is 16.7 Å². The van der Waals surface area contributed by atoms with Gasteiger partial charge in [-0.3, -0.25) is 0 Å². The quantitative estimate of drug-likeness (QED) is 0.431. The molecule has 0 bridgehead atoms. The number of carboxylic acids is 2. The van der Waals surface area contributed by atoms with Crippen molar-refractivity contribution in [2.75, 3.05) is 7.11 Å². The predicted octanol–water partition coefficient (Wildman–Crippen LogP) is 4.81. The van der Waals surface area contributed by atoms with E-state index in [1.54, 1.807) is 24.3 Å². The lowest BCUT2D eigenvalue weighted by molar-refractivity contribution is -0.135. The SMILES string of the molecule is COC=C(Oc1ccc(-c2ccc(-c3ccccc3)c(F)c2)cc1C(=O)O)C(=O)O. The second-order valence-electron chi connectivity index (χ2n) is 6.20. The van der Waals surface area contributed by atoms with Crippen LogP contribution in [-0.4, -0.2) is 29.3 Å². The van der Waals surface area contributed by atoms with Gasteiger partial charge in [-0.1, -0.05) is 48.5 Å². The highest BCUT2D eigenvalue weighted by Gasteiger charge is 2.18. The van der Waals surface area contributed by atoms with Crippen LogP contribution in [0.4, 0.5) is 4.39 Å². The predicted molar refractivity (Wildman–Crippen MR) is 108 cm³/mol. The van der Waals surface area contributed by atoms with Gasteiger partial charge in [0, 0.05) is 5.56 Å². The Hall–Kier alpha value is -4.13. The zero-order chi connectivity index (χ0) is 21.7. The number of ether oxygens (including phenoxy) is 2. The maximum atomic E-state index is 14.7. The molecule has 0 unspecified atom stereocenters. The molecule has 0 saturated carbocycles. The molecule has 0 fully saturated rings. The molecule has 6 nitrogen and oxygen atoms in total. The van der Waals surface area contributed by atoms with E-state index in [2.05, 4.69) is 4.74 Å². The third-order valence-electron chi connectivity index (χ3n) is 4.25. The summed E-state index contributed by atoms with van der Waals surface area (Å²) in [5.41, 5.74) is 1.78. The van der Waals surface area contributed by atoms with Gasteiger partial charge in [0.1, 0.15) is 23.4 Å². The van der Waals surface area contributed by atoms with Gasteiger partial charge in [-0.05, 0) is 34.9 Å². The molecule has 2 N–H and O–H groups in total. The summed E-state index contributed by atoms with van der Waals surface area (Å²) >= 11 is 0. The first kappa shape index (κ1) is 20.6. The minimum atomic E-state index is -1.42. The Labute approximate surface area is 171 Å². The molecule has 0 atom stereocenters. The first-order valence-corrected chi connectivity index (χ1v) is 8.77. The van der Waals surface area contributed by atoms with Crippen molar-refractivity contribution in [2.45, 2.75) is 0 Å². The van der Waals surface area contributed by atoms with E-state index in [1.807, 2.05) is 18.2 Å². The van der Waals surface area contributed by atoms with Crippen molar-refractivity contribution < 1.29 is 33.7 Å². The molecule has 152 valence electrons. The Morgan fingerprint density at radius 2 is 1.57 bits per heavy atom. The second-order valence-corrected chi connectivity index (χ2v) is 6.20. The standard InChI is InChI=1S/C23H17FO6/c1-29-13-21(23(27)28)30-20-10-8-15(11-18(20)22(25)26)16-7-9-17(19(24)12-16)14-5-3-2-4-6-14/h2-13H,1H3,(H,25,26)(H,27,28). The van der Waals surface area contributed by atoms with Crippen LogP contribution in [0.2, 0.25) is 0 Å². The van der Waals surface area contributed by atoms with Crippen molar-refractivity contribution in [3.05, 3.63) is 90.1 Å². The fraction of sp³-hybridized carbons (Fsp3) is 0.0435. The number of benzene rings is 3. The van der Waals surface area contributed by atoms with Crippen LogP contribution in [0.15, 0.2) is 78.8 Å². The van der Waals surface area contributed by atoms with Crippen LogP contribution in [0.5, 0.6) is 5.75 Å². The van der Waals surface area contributed by atoms with Gasteiger partial charge in [0.05, 0.1) is 7.11 Å². The molecular formula is C23H17FO6. The van der Waals surface area contributed by atoms with Crippen LogP contribution in [0, 0.1) is 5.82 Å². The molecule has 3 rings (SSSR count). The molecule has 7 heteroatoms. The molecule has 3 aromatic rings. The summed E-state index contributed by atoms with van der Waals surface area (Å²) in [5, 5.41) is 18.6. The number of carbonyl (C=O) groups is 2. The molecule has 0 radical (unpaired) electrons. The highest BCUT2D eigenvalue weighted by atomic mass is 19.1. The lowest BCUT2D eigenvalue weighted by atomic mass is 9.98. The molecule has 0 aliphatic rings. The fourth-order valence-electron chi connectivity index (χ4n) is 2.86. The van der Waals surface area contributed by atoms with Crippen molar-refractivity contribution >= 4 is 11.9 Å². The van der Waals surface area contributed by atoms with Crippen molar-refractivity contribution in [3.63, 3.8) is 0 Å². The lowest BCUT2D eigenvalue weighted by Gasteiger charge is -2.12. The topological polar surface area (TPSA) is 93.1 Å². The number of aliphatic carboxylic acids is 1. The van der Waals surface area contributed by atoms with Crippen LogP contribution in [-0.2, 0) is 9.53 Å². The van der Waals surface area contributed by atoms with Crippen LogP contribution in [0.1, 0.15) is 10.4 Å². The maximum Gasteiger partial charge on any atom is 0.375 e. The van der Waals surface area contributed by atoms with Gasteiger partial charge in [-0.2, -0.15) is 0 Å². The number of methoxy groups -OCH3 is 1. The normalized spacial score (nSPS) is 11.1. The Kier molecular flexibility index (Phi) is 6.12. The number of aromatic carboxylic acids is 1.